The van der Waals surface area contributed by atoms with Crippen molar-refractivity contribution in [2.75, 3.05) is 28.3 Å². The Balaban J connectivity index is 3.16. The molecule has 1 amide bonds. The fourth-order valence-corrected chi connectivity index (χ4v) is 3.29. The molecule has 25 heavy (non-hydrogen) atoms. The number of ether oxygens (including phenoxy) is 2. The van der Waals surface area contributed by atoms with Crippen LogP contribution in [0.5, 0.6) is 11.8 Å². The molecule has 0 aromatic carbocycles. The first-order valence-electron chi connectivity index (χ1n) is 7.28. The van der Waals surface area contributed by atoms with Crippen molar-refractivity contribution in [3.05, 3.63) is 6.07 Å². The second-order valence-corrected chi connectivity index (χ2v) is 9.31. The third-order valence-corrected chi connectivity index (χ3v) is 6.01. The summed E-state index contributed by atoms with van der Waals surface area (Å²) in [5, 5.41) is -0.521. The molecule has 1 aromatic heterocycles. The summed E-state index contributed by atoms with van der Waals surface area (Å²) in [6, 6.07) is 1.51. The summed E-state index contributed by atoms with van der Waals surface area (Å²) < 4.78 is 37.0. The van der Waals surface area contributed by atoms with Crippen LogP contribution in [0.3, 0.4) is 0 Å². The molecule has 1 rings (SSSR count). The van der Waals surface area contributed by atoms with Crippen molar-refractivity contribution in [2.45, 2.75) is 31.2 Å². The Morgan fingerprint density at radius 1 is 1.20 bits per heavy atom. The van der Waals surface area contributed by atoms with Crippen molar-refractivity contribution in [3.8, 4) is 11.8 Å². The molecule has 9 nitrogen and oxygen atoms in total. The van der Waals surface area contributed by atoms with Gasteiger partial charge in [0.1, 0.15) is 0 Å². The molecule has 0 fully saturated rings. The Morgan fingerprint density at radius 2 is 1.68 bits per heavy atom. The van der Waals surface area contributed by atoms with Gasteiger partial charge in [-0.2, -0.15) is 22.7 Å². The van der Waals surface area contributed by atoms with E-state index in [0.29, 0.717) is 0 Å². The zero-order chi connectivity index (χ0) is 19.4. The van der Waals surface area contributed by atoms with Crippen LogP contribution in [0, 0.1) is 5.41 Å². The van der Waals surface area contributed by atoms with Crippen LogP contribution >= 0.6 is 11.8 Å². The van der Waals surface area contributed by atoms with Crippen molar-refractivity contribution in [2.24, 2.45) is 5.41 Å². The molecular formula is C14H24N4O5S2. The summed E-state index contributed by atoms with van der Waals surface area (Å²) in [5.74, 6) is -0.0942. The molecule has 1 N–H and O–H groups in total. The largest absolute Gasteiger partial charge is 0.481 e. The zero-order valence-corrected chi connectivity index (χ0v) is 17.0. The molecule has 1 aromatic rings. The fourth-order valence-electron chi connectivity index (χ4n) is 1.65. The standard InChI is InChI=1S/C14H24N4O5S2/c1-14(2,3)11(12(19)17-25(20,21)18(4)5)24-13-15-9(22-6)8-10(16-13)23-7/h8,11H,1-7H3,(H,17,19). The van der Waals surface area contributed by atoms with E-state index in [1.165, 1.54) is 34.4 Å². The Labute approximate surface area is 152 Å². The molecule has 0 aliphatic carbocycles. The molecule has 0 bridgehead atoms. The Hall–Kier alpha value is -1.59. The molecule has 0 saturated heterocycles. The molecule has 0 radical (unpaired) electrons. The van der Waals surface area contributed by atoms with Gasteiger partial charge in [-0.1, -0.05) is 32.5 Å². The lowest BCUT2D eigenvalue weighted by Gasteiger charge is -2.28. The van der Waals surface area contributed by atoms with Gasteiger partial charge >= 0.3 is 10.2 Å². The lowest BCUT2D eigenvalue weighted by Crippen LogP contribution is -2.47. The van der Waals surface area contributed by atoms with Crippen molar-refractivity contribution < 1.29 is 22.7 Å². The molecule has 0 aliphatic heterocycles. The first-order chi connectivity index (χ1) is 11.4. The predicted octanol–water partition coefficient (Wildman–Crippen LogP) is 0.923. The second kappa shape index (κ2) is 8.19. The van der Waals surface area contributed by atoms with Gasteiger partial charge in [-0.25, -0.2) is 4.72 Å². The predicted molar refractivity (Wildman–Crippen MR) is 95.0 cm³/mol. The summed E-state index contributed by atoms with van der Waals surface area (Å²) in [6.45, 7) is 5.47. The molecular weight excluding hydrogens is 368 g/mol. The van der Waals surface area contributed by atoms with Gasteiger partial charge in [0, 0.05) is 14.1 Å². The van der Waals surface area contributed by atoms with E-state index in [-0.39, 0.29) is 16.9 Å². The third kappa shape index (κ3) is 6.01. The molecule has 142 valence electrons. The number of thioether (sulfide) groups is 1. The van der Waals surface area contributed by atoms with E-state index < -0.39 is 26.8 Å². The lowest BCUT2D eigenvalue weighted by molar-refractivity contribution is -0.120. The summed E-state index contributed by atoms with van der Waals surface area (Å²) in [7, 11) is 1.69. The average molecular weight is 393 g/mol. The lowest BCUT2D eigenvalue weighted by atomic mass is 9.91. The van der Waals surface area contributed by atoms with E-state index in [9.17, 15) is 13.2 Å². The smallest absolute Gasteiger partial charge is 0.303 e. The monoisotopic (exact) mass is 392 g/mol. The minimum atomic E-state index is -3.89. The Bertz CT molecular complexity index is 694. The number of nitrogens with zero attached hydrogens (tertiary/aromatic N) is 3. The van der Waals surface area contributed by atoms with Gasteiger partial charge in [0.05, 0.1) is 25.5 Å². The highest BCUT2D eigenvalue weighted by atomic mass is 32.2. The fraction of sp³-hybridized carbons (Fsp3) is 0.643. The molecule has 1 atom stereocenters. The minimum Gasteiger partial charge on any atom is -0.481 e. The number of hydrogen-bond acceptors (Lipinski definition) is 8. The van der Waals surface area contributed by atoms with Gasteiger partial charge in [0.2, 0.25) is 17.7 Å². The van der Waals surface area contributed by atoms with Crippen LogP contribution in [0.4, 0.5) is 0 Å². The summed E-state index contributed by atoms with van der Waals surface area (Å²) in [6.07, 6.45) is 0. The van der Waals surface area contributed by atoms with Crippen molar-refractivity contribution in [1.82, 2.24) is 19.0 Å². The maximum absolute atomic E-state index is 12.6. The zero-order valence-electron chi connectivity index (χ0n) is 15.4. The highest BCUT2D eigenvalue weighted by Crippen LogP contribution is 2.35. The van der Waals surface area contributed by atoms with Gasteiger partial charge in [-0.05, 0) is 5.41 Å². The van der Waals surface area contributed by atoms with E-state index in [0.717, 1.165) is 16.1 Å². The van der Waals surface area contributed by atoms with E-state index in [2.05, 4.69) is 14.7 Å². The van der Waals surface area contributed by atoms with Crippen LogP contribution < -0.4 is 14.2 Å². The van der Waals surface area contributed by atoms with Gasteiger partial charge in [0.25, 0.3) is 0 Å². The van der Waals surface area contributed by atoms with E-state index in [1.54, 1.807) is 0 Å². The van der Waals surface area contributed by atoms with Gasteiger partial charge in [-0.15, -0.1) is 0 Å². The van der Waals surface area contributed by atoms with E-state index in [1.807, 2.05) is 20.8 Å². The number of amides is 1. The molecule has 1 heterocycles. The SMILES string of the molecule is COc1cc(OC)nc(SC(C(=O)NS(=O)(=O)N(C)C)C(C)(C)C)n1. The Morgan fingerprint density at radius 3 is 2.04 bits per heavy atom. The summed E-state index contributed by atoms with van der Waals surface area (Å²) >= 11 is 1.04. The first-order valence-corrected chi connectivity index (χ1v) is 9.60. The van der Waals surface area contributed by atoms with Crippen molar-refractivity contribution >= 4 is 27.9 Å². The maximum atomic E-state index is 12.6. The molecule has 0 saturated carbocycles. The summed E-state index contributed by atoms with van der Waals surface area (Å²) in [5.41, 5.74) is -0.559. The quantitative estimate of drug-likeness (QED) is 0.539. The highest BCUT2D eigenvalue weighted by molar-refractivity contribution is 8.00. The number of nitrogens with one attached hydrogen (secondary N) is 1. The number of hydrogen-bond donors (Lipinski definition) is 1. The molecule has 1 unspecified atom stereocenters. The van der Waals surface area contributed by atoms with Crippen LogP contribution in [-0.4, -0.2) is 62.2 Å². The second-order valence-electron chi connectivity index (χ2n) is 6.35. The number of aromatic nitrogens is 2. The molecule has 11 heteroatoms. The van der Waals surface area contributed by atoms with Crippen molar-refractivity contribution in [1.29, 1.82) is 0 Å². The first kappa shape index (κ1) is 21.5. The topological polar surface area (TPSA) is 111 Å². The minimum absolute atomic E-state index is 0.244. The normalized spacial score (nSPS) is 13.4. The number of rotatable bonds is 7. The van der Waals surface area contributed by atoms with Crippen LogP contribution in [0.25, 0.3) is 0 Å². The van der Waals surface area contributed by atoms with Crippen molar-refractivity contribution in [3.63, 3.8) is 0 Å². The van der Waals surface area contributed by atoms with E-state index >= 15 is 0 Å². The van der Waals surface area contributed by atoms with E-state index in [4.69, 9.17) is 9.47 Å². The third-order valence-electron chi connectivity index (χ3n) is 3.04. The van der Waals surface area contributed by atoms with Crippen LogP contribution in [0.2, 0.25) is 0 Å². The van der Waals surface area contributed by atoms with Crippen LogP contribution in [-0.2, 0) is 15.0 Å². The maximum Gasteiger partial charge on any atom is 0.303 e. The van der Waals surface area contributed by atoms with Gasteiger partial charge in [-0.3, -0.25) is 4.79 Å². The van der Waals surface area contributed by atoms with Gasteiger partial charge in [0.15, 0.2) is 5.16 Å². The molecule has 0 spiro atoms. The Kier molecular flexibility index (Phi) is 7.03. The van der Waals surface area contributed by atoms with Gasteiger partial charge < -0.3 is 9.47 Å². The number of carbonyl (C=O) groups excluding carboxylic acids is 1. The number of carbonyl (C=O) groups is 1. The highest BCUT2D eigenvalue weighted by Gasteiger charge is 2.36. The molecule has 0 aliphatic rings. The van der Waals surface area contributed by atoms with Crippen LogP contribution in [0.1, 0.15) is 20.8 Å². The summed E-state index contributed by atoms with van der Waals surface area (Å²) in [4.78, 5) is 20.9. The average Bonchev–Trinajstić information content (AvgIpc) is 2.50. The van der Waals surface area contributed by atoms with Crippen LogP contribution in [0.15, 0.2) is 11.2 Å². The number of methoxy groups -OCH3 is 2.